The third kappa shape index (κ3) is 3.21. The summed E-state index contributed by atoms with van der Waals surface area (Å²) in [5.41, 5.74) is 9.53. The van der Waals surface area contributed by atoms with E-state index in [9.17, 15) is 10.1 Å². The second kappa shape index (κ2) is 6.89. The molecule has 0 saturated carbocycles. The molecule has 0 aliphatic rings. The summed E-state index contributed by atoms with van der Waals surface area (Å²) < 4.78 is 6.50. The third-order valence-corrected chi connectivity index (χ3v) is 3.73. The Balaban J connectivity index is 2.09. The molecule has 6 heteroatoms. The van der Waals surface area contributed by atoms with Crippen LogP contribution in [0.2, 0.25) is 0 Å². The average Bonchev–Trinajstić information content (AvgIpc) is 3.13. The predicted molar refractivity (Wildman–Crippen MR) is 94.1 cm³/mol. The number of hydrogen-bond acceptors (Lipinski definition) is 5. The molecule has 0 unspecified atom stereocenters. The van der Waals surface area contributed by atoms with Gasteiger partial charge in [0.15, 0.2) is 0 Å². The lowest BCUT2D eigenvalue weighted by Gasteiger charge is -2.11. The summed E-state index contributed by atoms with van der Waals surface area (Å²) in [5.74, 6) is -0.437. The van der Waals surface area contributed by atoms with Gasteiger partial charge in [-0.25, -0.2) is 9.48 Å². The number of ether oxygens (including phenoxy) is 1. The lowest BCUT2D eigenvalue weighted by Crippen LogP contribution is -2.03. The molecule has 124 valence electrons. The van der Waals surface area contributed by atoms with Crippen LogP contribution in [-0.4, -0.2) is 22.4 Å². The highest BCUT2D eigenvalue weighted by atomic mass is 16.5. The maximum Gasteiger partial charge on any atom is 0.341 e. The fraction of sp³-hybridized carbons (Fsp3) is 0.105. The third-order valence-electron chi connectivity index (χ3n) is 3.73. The van der Waals surface area contributed by atoms with Gasteiger partial charge in [0, 0.05) is 11.8 Å². The van der Waals surface area contributed by atoms with Gasteiger partial charge in [-0.3, -0.25) is 0 Å². The molecule has 0 spiro atoms. The summed E-state index contributed by atoms with van der Waals surface area (Å²) in [6.07, 6.45) is 3.00. The summed E-state index contributed by atoms with van der Waals surface area (Å²) >= 11 is 0. The number of carbonyl (C=O) groups is 1. The molecule has 25 heavy (non-hydrogen) atoms. The number of nitriles is 1. The molecule has 0 atom stereocenters. The standard InChI is InChI=1S/C19H16N4O2/c1-2-25-19(24)15-11-22-23(12-15)16-8-14(10-20)18(21)17(9-16)13-6-4-3-5-7-13/h3-9,11-12H,2,21H2,1H3. The van der Waals surface area contributed by atoms with Crippen LogP contribution >= 0.6 is 0 Å². The number of carbonyl (C=O) groups excluding carboxylic acids is 1. The molecule has 3 rings (SSSR count). The monoisotopic (exact) mass is 332 g/mol. The fourth-order valence-electron chi connectivity index (χ4n) is 2.50. The van der Waals surface area contributed by atoms with Gasteiger partial charge in [-0.15, -0.1) is 0 Å². The Morgan fingerprint density at radius 3 is 2.76 bits per heavy atom. The van der Waals surface area contributed by atoms with Crippen LogP contribution in [0.5, 0.6) is 0 Å². The van der Waals surface area contributed by atoms with E-state index in [0.717, 1.165) is 11.1 Å². The highest BCUT2D eigenvalue weighted by molar-refractivity contribution is 5.89. The molecule has 2 aromatic carbocycles. The predicted octanol–water partition coefficient (Wildman–Crippen LogP) is 3.17. The number of benzene rings is 2. The van der Waals surface area contributed by atoms with Crippen molar-refractivity contribution in [3.05, 3.63) is 66.0 Å². The number of esters is 1. The van der Waals surface area contributed by atoms with Crippen molar-refractivity contribution in [2.45, 2.75) is 6.92 Å². The molecule has 0 bridgehead atoms. The molecule has 2 N–H and O–H groups in total. The lowest BCUT2D eigenvalue weighted by molar-refractivity contribution is 0.0526. The smallest absolute Gasteiger partial charge is 0.341 e. The number of anilines is 1. The van der Waals surface area contributed by atoms with E-state index in [0.29, 0.717) is 29.1 Å². The summed E-state index contributed by atoms with van der Waals surface area (Å²) in [6, 6.07) is 15.1. The zero-order valence-electron chi connectivity index (χ0n) is 13.6. The van der Waals surface area contributed by atoms with Crippen molar-refractivity contribution in [3.8, 4) is 22.9 Å². The van der Waals surface area contributed by atoms with E-state index in [-0.39, 0.29) is 0 Å². The van der Waals surface area contributed by atoms with Gasteiger partial charge in [0.05, 0.1) is 35.3 Å². The van der Waals surface area contributed by atoms with Gasteiger partial charge in [-0.2, -0.15) is 10.4 Å². The second-order valence-electron chi connectivity index (χ2n) is 5.33. The van der Waals surface area contributed by atoms with Crippen LogP contribution in [0.1, 0.15) is 22.8 Å². The van der Waals surface area contributed by atoms with E-state index in [4.69, 9.17) is 10.5 Å². The molecule has 0 aliphatic carbocycles. The highest BCUT2D eigenvalue weighted by Gasteiger charge is 2.14. The molecule has 6 nitrogen and oxygen atoms in total. The van der Waals surface area contributed by atoms with E-state index in [1.54, 1.807) is 19.2 Å². The molecule has 1 aromatic heterocycles. The Kier molecular flexibility index (Phi) is 4.48. The number of hydrogen-bond donors (Lipinski definition) is 1. The number of nitrogens with zero attached hydrogens (tertiary/aromatic N) is 3. The number of rotatable bonds is 4. The first-order valence-corrected chi connectivity index (χ1v) is 7.75. The first-order chi connectivity index (χ1) is 12.1. The molecule has 0 radical (unpaired) electrons. The summed E-state index contributed by atoms with van der Waals surface area (Å²) in [4.78, 5) is 11.8. The Bertz CT molecular complexity index is 955. The van der Waals surface area contributed by atoms with E-state index in [1.165, 1.54) is 10.9 Å². The minimum Gasteiger partial charge on any atom is -0.462 e. The minimum atomic E-state index is -0.437. The number of nitrogens with two attached hydrogens (primary N) is 1. The Morgan fingerprint density at radius 1 is 1.32 bits per heavy atom. The van der Waals surface area contributed by atoms with Gasteiger partial charge in [0.25, 0.3) is 0 Å². The van der Waals surface area contributed by atoms with Crippen molar-refractivity contribution in [3.63, 3.8) is 0 Å². The van der Waals surface area contributed by atoms with Crippen molar-refractivity contribution in [1.29, 1.82) is 5.26 Å². The first kappa shape index (κ1) is 16.3. The zero-order valence-corrected chi connectivity index (χ0v) is 13.6. The minimum absolute atomic E-state index is 0.294. The van der Waals surface area contributed by atoms with Crippen molar-refractivity contribution < 1.29 is 9.53 Å². The van der Waals surface area contributed by atoms with Gasteiger partial charge in [0.2, 0.25) is 0 Å². The SMILES string of the molecule is CCOC(=O)c1cnn(-c2cc(C#N)c(N)c(-c3ccccc3)c2)c1. The van der Waals surface area contributed by atoms with Crippen molar-refractivity contribution in [2.75, 3.05) is 12.3 Å². The zero-order chi connectivity index (χ0) is 17.8. The maximum absolute atomic E-state index is 11.8. The first-order valence-electron chi connectivity index (χ1n) is 7.75. The summed E-state index contributed by atoms with van der Waals surface area (Å²) in [5, 5.41) is 13.6. The molecule has 0 aliphatic heterocycles. The van der Waals surface area contributed by atoms with Crippen LogP contribution < -0.4 is 5.73 Å². The van der Waals surface area contributed by atoms with E-state index >= 15 is 0 Å². The summed E-state index contributed by atoms with van der Waals surface area (Å²) in [6.45, 7) is 2.04. The topological polar surface area (TPSA) is 93.9 Å². The Labute approximate surface area is 145 Å². The van der Waals surface area contributed by atoms with Gasteiger partial charge < -0.3 is 10.5 Å². The van der Waals surface area contributed by atoms with Gasteiger partial charge in [-0.1, -0.05) is 30.3 Å². The molecule has 0 fully saturated rings. The van der Waals surface area contributed by atoms with Crippen molar-refractivity contribution >= 4 is 11.7 Å². The van der Waals surface area contributed by atoms with Crippen molar-refractivity contribution in [2.24, 2.45) is 0 Å². The largest absolute Gasteiger partial charge is 0.462 e. The van der Waals surface area contributed by atoms with Crippen LogP contribution in [0, 0.1) is 11.3 Å². The quantitative estimate of drug-likeness (QED) is 0.585. The summed E-state index contributed by atoms with van der Waals surface area (Å²) in [7, 11) is 0. The highest BCUT2D eigenvalue weighted by Crippen LogP contribution is 2.31. The molecule has 1 heterocycles. The van der Waals surface area contributed by atoms with Crippen molar-refractivity contribution in [1.82, 2.24) is 9.78 Å². The van der Waals surface area contributed by atoms with Gasteiger partial charge in [0.1, 0.15) is 6.07 Å². The molecule has 3 aromatic rings. The Morgan fingerprint density at radius 2 is 2.08 bits per heavy atom. The van der Waals surface area contributed by atoms with Gasteiger partial charge >= 0.3 is 5.97 Å². The average molecular weight is 332 g/mol. The second-order valence-corrected chi connectivity index (χ2v) is 5.33. The number of nitrogen functional groups attached to an aromatic ring is 1. The molecule has 0 saturated heterocycles. The molecule has 0 amide bonds. The van der Waals surface area contributed by atoms with Crippen LogP contribution in [0.15, 0.2) is 54.9 Å². The van der Waals surface area contributed by atoms with Crippen LogP contribution in [-0.2, 0) is 4.74 Å². The van der Waals surface area contributed by atoms with E-state index in [2.05, 4.69) is 11.2 Å². The normalized spacial score (nSPS) is 10.2. The van der Waals surface area contributed by atoms with Crippen LogP contribution in [0.4, 0.5) is 5.69 Å². The molecular weight excluding hydrogens is 316 g/mol. The lowest BCUT2D eigenvalue weighted by atomic mass is 9.99. The van der Waals surface area contributed by atoms with Crippen LogP contribution in [0.3, 0.4) is 0 Å². The number of aromatic nitrogens is 2. The van der Waals surface area contributed by atoms with Gasteiger partial charge in [-0.05, 0) is 24.6 Å². The van der Waals surface area contributed by atoms with E-state index < -0.39 is 5.97 Å². The maximum atomic E-state index is 11.8. The van der Waals surface area contributed by atoms with Crippen LogP contribution in [0.25, 0.3) is 16.8 Å². The Hall–Kier alpha value is -3.59. The van der Waals surface area contributed by atoms with E-state index in [1.807, 2.05) is 36.4 Å². The fourth-order valence-corrected chi connectivity index (χ4v) is 2.50. The molecular formula is C19H16N4O2.